The number of hydrogen-bond donors (Lipinski definition) is 0. The lowest BCUT2D eigenvalue weighted by molar-refractivity contribution is 0.0526. The van der Waals surface area contributed by atoms with Gasteiger partial charge in [-0.2, -0.15) is 0 Å². The summed E-state index contributed by atoms with van der Waals surface area (Å²) >= 11 is 0. The van der Waals surface area contributed by atoms with Crippen LogP contribution in [0.2, 0.25) is 0 Å². The highest BCUT2D eigenvalue weighted by Crippen LogP contribution is 2.29. The molecule has 5 heteroatoms. The van der Waals surface area contributed by atoms with E-state index in [1.807, 2.05) is 24.3 Å². The summed E-state index contributed by atoms with van der Waals surface area (Å²) in [5.74, 6) is -0.568. The maximum Gasteiger partial charge on any atom is 0.340 e. The normalized spacial score (nSPS) is 10.4. The fraction of sp³-hybridized carbons (Fsp3) is 0.143. The van der Waals surface area contributed by atoms with Crippen molar-refractivity contribution in [3.05, 3.63) is 71.9 Å². The van der Waals surface area contributed by atoms with Gasteiger partial charge < -0.3 is 4.74 Å². The largest absolute Gasteiger partial charge is 0.462 e. The molecule has 1 aromatic carbocycles. The van der Waals surface area contributed by atoms with Crippen molar-refractivity contribution < 1.29 is 14.3 Å². The number of nitrogens with zero attached hydrogens (tertiary/aromatic N) is 2. The predicted octanol–water partition coefficient (Wildman–Crippen LogP) is 4.19. The van der Waals surface area contributed by atoms with E-state index in [4.69, 9.17) is 4.74 Å². The number of ketones is 1. The van der Waals surface area contributed by atoms with Gasteiger partial charge in [0.05, 0.1) is 29.3 Å². The van der Waals surface area contributed by atoms with Gasteiger partial charge in [0.25, 0.3) is 0 Å². The van der Waals surface area contributed by atoms with Crippen LogP contribution in [0.3, 0.4) is 0 Å². The van der Waals surface area contributed by atoms with E-state index in [0.29, 0.717) is 33.8 Å². The quantitative estimate of drug-likeness (QED) is 0.512. The summed E-state index contributed by atoms with van der Waals surface area (Å²) in [5.41, 5.74) is 3.14. The minimum Gasteiger partial charge on any atom is -0.462 e. The minimum absolute atomic E-state index is 0.0968. The first-order chi connectivity index (χ1) is 12.6. The summed E-state index contributed by atoms with van der Waals surface area (Å²) in [6.45, 7) is 3.50. The second kappa shape index (κ2) is 7.70. The molecule has 0 amide bonds. The maximum absolute atomic E-state index is 12.4. The highest BCUT2D eigenvalue weighted by atomic mass is 16.5. The molecule has 0 fully saturated rings. The van der Waals surface area contributed by atoms with E-state index in [-0.39, 0.29) is 12.4 Å². The second-order valence-corrected chi connectivity index (χ2v) is 5.63. The minimum atomic E-state index is -0.471. The summed E-state index contributed by atoms with van der Waals surface area (Å²) in [4.78, 5) is 33.4. The monoisotopic (exact) mass is 346 g/mol. The molecule has 5 nitrogen and oxygen atoms in total. The molecular weight excluding hydrogens is 328 g/mol. The molecule has 0 radical (unpaired) electrons. The molecule has 0 N–H and O–H groups in total. The number of benzene rings is 1. The van der Waals surface area contributed by atoms with E-state index in [1.165, 1.54) is 6.92 Å². The molecule has 2 aromatic heterocycles. The zero-order valence-corrected chi connectivity index (χ0v) is 14.6. The fourth-order valence-corrected chi connectivity index (χ4v) is 2.69. The van der Waals surface area contributed by atoms with Crippen LogP contribution in [0.4, 0.5) is 0 Å². The Morgan fingerprint density at radius 3 is 2.38 bits per heavy atom. The van der Waals surface area contributed by atoms with Gasteiger partial charge in [-0.05, 0) is 38.1 Å². The SMILES string of the molecule is CCOC(=O)c1ccc(-c2ccccn2)nc1-c1ccccc1C(C)=O. The smallest absolute Gasteiger partial charge is 0.340 e. The van der Waals surface area contributed by atoms with Crippen molar-refractivity contribution in [3.8, 4) is 22.6 Å². The topological polar surface area (TPSA) is 69.2 Å². The first kappa shape index (κ1) is 17.5. The van der Waals surface area contributed by atoms with Gasteiger partial charge in [-0.25, -0.2) is 9.78 Å². The third-order valence-corrected chi connectivity index (χ3v) is 3.88. The van der Waals surface area contributed by atoms with Crippen LogP contribution in [-0.2, 0) is 4.74 Å². The first-order valence-corrected chi connectivity index (χ1v) is 8.31. The number of Topliss-reactive ketones (excluding diaryl/α,β-unsaturated/α-hetero) is 1. The van der Waals surface area contributed by atoms with Crippen LogP contribution in [0.5, 0.6) is 0 Å². The van der Waals surface area contributed by atoms with Crippen LogP contribution in [0, 0.1) is 0 Å². The molecule has 0 aliphatic carbocycles. The Morgan fingerprint density at radius 1 is 0.923 bits per heavy atom. The van der Waals surface area contributed by atoms with Crippen LogP contribution in [0.15, 0.2) is 60.8 Å². The van der Waals surface area contributed by atoms with Crippen LogP contribution < -0.4 is 0 Å². The molecule has 3 rings (SSSR count). The predicted molar refractivity (Wildman–Crippen MR) is 98.9 cm³/mol. The fourth-order valence-electron chi connectivity index (χ4n) is 2.69. The van der Waals surface area contributed by atoms with Crippen molar-refractivity contribution in [2.45, 2.75) is 13.8 Å². The van der Waals surface area contributed by atoms with Crippen molar-refractivity contribution >= 4 is 11.8 Å². The number of aromatic nitrogens is 2. The third kappa shape index (κ3) is 3.52. The van der Waals surface area contributed by atoms with Crippen molar-refractivity contribution in [1.29, 1.82) is 0 Å². The van der Waals surface area contributed by atoms with E-state index >= 15 is 0 Å². The van der Waals surface area contributed by atoms with Crippen LogP contribution in [0.1, 0.15) is 34.6 Å². The highest BCUT2D eigenvalue weighted by Gasteiger charge is 2.20. The molecule has 0 aliphatic rings. The molecule has 0 bridgehead atoms. The Kier molecular flexibility index (Phi) is 5.17. The van der Waals surface area contributed by atoms with Gasteiger partial charge in [0.2, 0.25) is 0 Å². The third-order valence-electron chi connectivity index (χ3n) is 3.88. The number of esters is 1. The molecule has 3 aromatic rings. The van der Waals surface area contributed by atoms with E-state index in [2.05, 4.69) is 9.97 Å². The summed E-state index contributed by atoms with van der Waals surface area (Å²) in [5, 5.41) is 0. The second-order valence-electron chi connectivity index (χ2n) is 5.63. The van der Waals surface area contributed by atoms with Gasteiger partial charge in [0.15, 0.2) is 5.78 Å². The Morgan fingerprint density at radius 2 is 1.69 bits per heavy atom. The first-order valence-electron chi connectivity index (χ1n) is 8.31. The molecule has 0 saturated heterocycles. The van der Waals surface area contributed by atoms with Gasteiger partial charge in [-0.3, -0.25) is 9.78 Å². The lowest BCUT2D eigenvalue weighted by atomic mass is 9.97. The van der Waals surface area contributed by atoms with Gasteiger partial charge >= 0.3 is 5.97 Å². The Labute approximate surface area is 151 Å². The van der Waals surface area contributed by atoms with Crippen molar-refractivity contribution in [3.63, 3.8) is 0 Å². The van der Waals surface area contributed by atoms with E-state index in [0.717, 1.165) is 0 Å². The van der Waals surface area contributed by atoms with E-state index in [9.17, 15) is 9.59 Å². The standard InChI is InChI=1S/C21H18N2O3/c1-3-26-21(25)17-11-12-19(18-10-6-7-13-22-18)23-20(17)16-9-5-4-8-15(16)14(2)24/h4-13H,3H2,1-2H3. The van der Waals surface area contributed by atoms with E-state index in [1.54, 1.807) is 43.5 Å². The molecule has 130 valence electrons. The van der Waals surface area contributed by atoms with Gasteiger partial charge in [-0.15, -0.1) is 0 Å². The Hall–Kier alpha value is -3.34. The summed E-state index contributed by atoms with van der Waals surface area (Å²) in [6.07, 6.45) is 1.68. The van der Waals surface area contributed by atoms with Crippen molar-refractivity contribution in [2.75, 3.05) is 6.61 Å². The van der Waals surface area contributed by atoms with Crippen molar-refractivity contribution in [2.24, 2.45) is 0 Å². The number of carbonyl (C=O) groups excluding carboxylic acids is 2. The van der Waals surface area contributed by atoms with Gasteiger partial charge in [-0.1, -0.05) is 30.3 Å². The van der Waals surface area contributed by atoms with Crippen LogP contribution in [-0.4, -0.2) is 28.3 Å². The summed E-state index contributed by atoms with van der Waals surface area (Å²) in [7, 11) is 0. The summed E-state index contributed by atoms with van der Waals surface area (Å²) < 4.78 is 5.16. The number of ether oxygens (including phenoxy) is 1. The number of carbonyl (C=O) groups is 2. The number of rotatable bonds is 5. The molecule has 0 aliphatic heterocycles. The van der Waals surface area contributed by atoms with Crippen molar-refractivity contribution in [1.82, 2.24) is 9.97 Å². The molecule has 0 spiro atoms. The lowest BCUT2D eigenvalue weighted by Gasteiger charge is -2.13. The molecular formula is C21H18N2O3. The van der Waals surface area contributed by atoms with E-state index < -0.39 is 5.97 Å². The number of pyridine rings is 2. The maximum atomic E-state index is 12.4. The zero-order chi connectivity index (χ0) is 18.5. The lowest BCUT2D eigenvalue weighted by Crippen LogP contribution is -2.09. The average molecular weight is 346 g/mol. The number of hydrogen-bond acceptors (Lipinski definition) is 5. The van der Waals surface area contributed by atoms with Crippen LogP contribution >= 0.6 is 0 Å². The molecule has 0 unspecified atom stereocenters. The van der Waals surface area contributed by atoms with Gasteiger partial charge in [0.1, 0.15) is 0 Å². The molecule has 26 heavy (non-hydrogen) atoms. The molecule has 2 heterocycles. The van der Waals surface area contributed by atoms with Crippen LogP contribution in [0.25, 0.3) is 22.6 Å². The Bertz CT molecular complexity index is 952. The molecule has 0 saturated carbocycles. The molecule has 0 atom stereocenters. The average Bonchev–Trinajstić information content (AvgIpc) is 2.68. The summed E-state index contributed by atoms with van der Waals surface area (Å²) in [6, 6.07) is 16.0. The Balaban J connectivity index is 2.23. The highest BCUT2D eigenvalue weighted by molar-refractivity contribution is 6.04. The zero-order valence-electron chi connectivity index (χ0n) is 14.6. The van der Waals surface area contributed by atoms with Gasteiger partial charge in [0, 0.05) is 17.3 Å².